The van der Waals surface area contributed by atoms with E-state index in [0.717, 1.165) is 13.0 Å². The van der Waals surface area contributed by atoms with Gasteiger partial charge in [0.25, 0.3) is 0 Å². The average molecular weight is 249 g/mol. The van der Waals surface area contributed by atoms with Gasteiger partial charge in [0, 0.05) is 0 Å². The van der Waals surface area contributed by atoms with E-state index in [1.165, 1.54) is 11.1 Å². The van der Waals surface area contributed by atoms with Crippen LogP contribution in [0.15, 0.2) is 36.4 Å². The van der Waals surface area contributed by atoms with Crippen molar-refractivity contribution in [2.75, 3.05) is 6.54 Å². The molecule has 18 heavy (non-hydrogen) atoms. The van der Waals surface area contributed by atoms with Crippen molar-refractivity contribution >= 4 is 5.57 Å². The van der Waals surface area contributed by atoms with Gasteiger partial charge in [-0.2, -0.15) is 0 Å². The smallest absolute Gasteiger partial charge is 0.00485 e. The molecule has 1 heteroatoms. The van der Waals surface area contributed by atoms with Crippen molar-refractivity contribution in [1.82, 2.24) is 0 Å². The molecule has 0 saturated carbocycles. The second-order valence-electron chi connectivity index (χ2n) is 3.83. The van der Waals surface area contributed by atoms with Gasteiger partial charge in [-0.25, -0.2) is 0 Å². The van der Waals surface area contributed by atoms with Crippen LogP contribution < -0.4 is 5.73 Å². The Labute approximate surface area is 114 Å². The molecule has 0 saturated heterocycles. The molecule has 104 valence electrons. The molecule has 0 spiro atoms. The zero-order valence-electron chi connectivity index (χ0n) is 13.0. The highest BCUT2D eigenvalue weighted by atomic mass is 14.5. The van der Waals surface area contributed by atoms with Crippen LogP contribution in [-0.4, -0.2) is 6.54 Å². The molecular weight excluding hydrogens is 218 g/mol. The van der Waals surface area contributed by atoms with E-state index in [1.54, 1.807) is 0 Å². The summed E-state index contributed by atoms with van der Waals surface area (Å²) in [4.78, 5) is 0. The summed E-state index contributed by atoms with van der Waals surface area (Å²) >= 11 is 0. The summed E-state index contributed by atoms with van der Waals surface area (Å²) in [6.45, 7) is 13.1. The first-order valence-corrected chi connectivity index (χ1v) is 7.16. The van der Waals surface area contributed by atoms with Gasteiger partial charge in [0.1, 0.15) is 0 Å². The molecule has 0 aromatic heterocycles. The highest BCUT2D eigenvalue weighted by Gasteiger charge is 1.97. The summed E-state index contributed by atoms with van der Waals surface area (Å²) in [7, 11) is 0. The normalized spacial score (nSPS) is 11.6. The van der Waals surface area contributed by atoms with E-state index >= 15 is 0 Å². The maximum absolute atomic E-state index is 5.57. The molecule has 1 nitrogen and oxygen atoms in total. The average Bonchev–Trinajstić information content (AvgIpc) is 2.49. The fourth-order valence-corrected chi connectivity index (χ4v) is 1.29. The Hall–Kier alpha value is -1.08. The molecular formula is C17H31N. The zero-order chi connectivity index (χ0) is 14.4. The molecule has 0 aliphatic heterocycles. The first-order valence-electron chi connectivity index (χ1n) is 7.16. The zero-order valence-corrected chi connectivity index (χ0v) is 13.0. The van der Waals surface area contributed by atoms with Crippen LogP contribution in [0.25, 0.3) is 5.57 Å². The van der Waals surface area contributed by atoms with Crippen LogP contribution >= 0.6 is 0 Å². The molecule has 0 aliphatic rings. The first kappa shape index (κ1) is 19.3. The number of benzene rings is 1. The predicted molar refractivity (Wildman–Crippen MR) is 85.6 cm³/mol. The SMILES string of the molecule is CC.CC.CC(=CCC(C)CN)c1ccccc1. The maximum atomic E-state index is 5.57. The lowest BCUT2D eigenvalue weighted by Gasteiger charge is -2.05. The maximum Gasteiger partial charge on any atom is -0.00485 e. The first-order chi connectivity index (χ1) is 8.74. The van der Waals surface area contributed by atoms with Crippen molar-refractivity contribution < 1.29 is 0 Å². The summed E-state index contributed by atoms with van der Waals surface area (Å²) in [6.07, 6.45) is 3.34. The van der Waals surface area contributed by atoms with Crippen molar-refractivity contribution in [3.8, 4) is 0 Å². The van der Waals surface area contributed by atoms with Gasteiger partial charge in [-0.1, -0.05) is 71.0 Å². The van der Waals surface area contributed by atoms with Gasteiger partial charge in [0.15, 0.2) is 0 Å². The molecule has 0 amide bonds. The van der Waals surface area contributed by atoms with Crippen molar-refractivity contribution in [3.05, 3.63) is 42.0 Å². The largest absolute Gasteiger partial charge is 0.330 e. The van der Waals surface area contributed by atoms with Crippen molar-refractivity contribution in [1.29, 1.82) is 0 Å². The Morgan fingerprint density at radius 1 is 1.11 bits per heavy atom. The van der Waals surface area contributed by atoms with Crippen molar-refractivity contribution in [2.45, 2.75) is 48.0 Å². The third-order valence-electron chi connectivity index (χ3n) is 2.46. The molecule has 0 fully saturated rings. The second-order valence-corrected chi connectivity index (χ2v) is 3.83. The molecule has 0 bridgehead atoms. The second kappa shape index (κ2) is 14.0. The number of hydrogen-bond donors (Lipinski definition) is 1. The van der Waals surface area contributed by atoms with Gasteiger partial charge < -0.3 is 5.73 Å². The standard InChI is InChI=1S/C13H19N.2C2H6/c1-11(10-14)8-9-12(2)13-6-4-3-5-7-13;2*1-2/h3-7,9,11H,8,10,14H2,1-2H3;2*1-2H3. The summed E-state index contributed by atoms with van der Waals surface area (Å²) in [6, 6.07) is 10.5. The highest BCUT2D eigenvalue weighted by Crippen LogP contribution is 2.15. The summed E-state index contributed by atoms with van der Waals surface area (Å²) < 4.78 is 0. The lowest BCUT2D eigenvalue weighted by Crippen LogP contribution is -2.09. The molecule has 1 aromatic carbocycles. The van der Waals surface area contributed by atoms with E-state index in [0.29, 0.717) is 5.92 Å². The Morgan fingerprint density at radius 3 is 2.06 bits per heavy atom. The quantitative estimate of drug-likeness (QED) is 0.786. The summed E-state index contributed by atoms with van der Waals surface area (Å²) in [5.74, 6) is 0.577. The number of nitrogens with two attached hydrogens (primary N) is 1. The lowest BCUT2D eigenvalue weighted by atomic mass is 10.0. The van der Waals surface area contributed by atoms with Gasteiger partial charge in [-0.3, -0.25) is 0 Å². The highest BCUT2D eigenvalue weighted by molar-refractivity contribution is 5.63. The van der Waals surface area contributed by atoms with Gasteiger partial charge in [-0.05, 0) is 36.9 Å². The molecule has 1 unspecified atom stereocenters. The fourth-order valence-electron chi connectivity index (χ4n) is 1.29. The Bertz CT molecular complexity index is 288. The molecule has 0 aliphatic carbocycles. The van der Waals surface area contributed by atoms with Gasteiger partial charge in [0.05, 0.1) is 0 Å². The number of allylic oxidation sites excluding steroid dienone is 2. The summed E-state index contributed by atoms with van der Waals surface area (Å²) in [5, 5.41) is 0. The monoisotopic (exact) mass is 249 g/mol. The third-order valence-corrected chi connectivity index (χ3v) is 2.46. The van der Waals surface area contributed by atoms with E-state index in [2.05, 4.69) is 44.2 Å². The molecule has 1 atom stereocenters. The van der Waals surface area contributed by atoms with E-state index in [4.69, 9.17) is 5.73 Å². The van der Waals surface area contributed by atoms with Gasteiger partial charge >= 0.3 is 0 Å². The van der Waals surface area contributed by atoms with Crippen LogP contribution in [0.5, 0.6) is 0 Å². The van der Waals surface area contributed by atoms with Crippen LogP contribution in [0, 0.1) is 5.92 Å². The molecule has 0 radical (unpaired) electrons. The predicted octanol–water partition coefficient (Wildman–Crippen LogP) is 5.13. The topological polar surface area (TPSA) is 26.0 Å². The van der Waals surface area contributed by atoms with Gasteiger partial charge in [-0.15, -0.1) is 0 Å². The van der Waals surface area contributed by atoms with Crippen molar-refractivity contribution in [2.24, 2.45) is 11.7 Å². The minimum absolute atomic E-state index is 0.577. The molecule has 2 N–H and O–H groups in total. The van der Waals surface area contributed by atoms with Crippen LogP contribution in [-0.2, 0) is 0 Å². The molecule has 0 heterocycles. The van der Waals surface area contributed by atoms with Crippen LogP contribution in [0.2, 0.25) is 0 Å². The van der Waals surface area contributed by atoms with E-state index in [-0.39, 0.29) is 0 Å². The Kier molecular flexibility index (Phi) is 15.0. The lowest BCUT2D eigenvalue weighted by molar-refractivity contribution is 0.606. The van der Waals surface area contributed by atoms with Crippen LogP contribution in [0.1, 0.15) is 53.5 Å². The number of hydrogen-bond acceptors (Lipinski definition) is 1. The fraction of sp³-hybridized carbons (Fsp3) is 0.529. The van der Waals surface area contributed by atoms with E-state index in [1.807, 2.05) is 33.8 Å². The molecule has 1 aromatic rings. The Morgan fingerprint density at radius 2 is 1.61 bits per heavy atom. The Balaban J connectivity index is 0. The van der Waals surface area contributed by atoms with Gasteiger partial charge in [0.2, 0.25) is 0 Å². The number of rotatable bonds is 4. The minimum Gasteiger partial charge on any atom is -0.330 e. The van der Waals surface area contributed by atoms with Crippen LogP contribution in [0.3, 0.4) is 0 Å². The summed E-state index contributed by atoms with van der Waals surface area (Å²) in [5.41, 5.74) is 8.21. The molecule has 1 rings (SSSR count). The minimum atomic E-state index is 0.577. The van der Waals surface area contributed by atoms with Crippen molar-refractivity contribution in [3.63, 3.8) is 0 Å². The van der Waals surface area contributed by atoms with Crippen LogP contribution in [0.4, 0.5) is 0 Å². The third kappa shape index (κ3) is 9.00. The van der Waals surface area contributed by atoms with E-state index < -0.39 is 0 Å². The van der Waals surface area contributed by atoms with E-state index in [9.17, 15) is 0 Å².